The summed E-state index contributed by atoms with van der Waals surface area (Å²) in [6, 6.07) is 4.76. The lowest BCUT2D eigenvalue weighted by Gasteiger charge is -2.05. The van der Waals surface area contributed by atoms with Gasteiger partial charge in [0.1, 0.15) is 12.4 Å². The van der Waals surface area contributed by atoms with Crippen LogP contribution in [0.5, 0.6) is 0 Å². The SMILES string of the molecule is CCCCOCc1ccc(C#CCO)cc1F. The minimum Gasteiger partial charge on any atom is -0.384 e. The molecule has 92 valence electrons. The molecule has 0 aliphatic rings. The highest BCUT2D eigenvalue weighted by molar-refractivity contribution is 5.36. The van der Waals surface area contributed by atoms with Crippen LogP contribution in [0.15, 0.2) is 18.2 Å². The van der Waals surface area contributed by atoms with Crippen molar-refractivity contribution >= 4 is 0 Å². The minimum atomic E-state index is -0.314. The standard InChI is InChI=1S/C14H17FO2/c1-2-3-9-17-11-13-7-6-12(5-4-8-16)10-14(13)15/h6-7,10,16H,2-3,8-9,11H2,1H3. The summed E-state index contributed by atoms with van der Waals surface area (Å²) < 4.78 is 18.9. The Morgan fingerprint density at radius 3 is 2.88 bits per heavy atom. The molecule has 2 nitrogen and oxygen atoms in total. The Kier molecular flexibility index (Phi) is 6.31. The van der Waals surface area contributed by atoms with Crippen LogP contribution < -0.4 is 0 Å². The van der Waals surface area contributed by atoms with E-state index in [2.05, 4.69) is 18.8 Å². The number of aliphatic hydroxyl groups excluding tert-OH is 1. The van der Waals surface area contributed by atoms with E-state index in [0.29, 0.717) is 24.3 Å². The largest absolute Gasteiger partial charge is 0.384 e. The predicted octanol–water partition coefficient (Wildman–Crippen LogP) is 2.49. The van der Waals surface area contributed by atoms with Crippen molar-refractivity contribution in [2.75, 3.05) is 13.2 Å². The summed E-state index contributed by atoms with van der Waals surface area (Å²) in [6.45, 7) is 2.81. The fourth-order valence-electron chi connectivity index (χ4n) is 1.31. The van der Waals surface area contributed by atoms with Gasteiger partial charge in [-0.1, -0.05) is 31.3 Å². The van der Waals surface area contributed by atoms with Crippen LogP contribution in [0.2, 0.25) is 0 Å². The second kappa shape index (κ2) is 7.83. The number of ether oxygens (including phenoxy) is 1. The molecule has 0 bridgehead atoms. The highest BCUT2D eigenvalue weighted by Gasteiger charge is 2.02. The third-order valence-corrected chi connectivity index (χ3v) is 2.26. The zero-order chi connectivity index (χ0) is 12.5. The molecule has 0 spiro atoms. The van der Waals surface area contributed by atoms with Crippen molar-refractivity contribution in [2.24, 2.45) is 0 Å². The van der Waals surface area contributed by atoms with Gasteiger partial charge in [0, 0.05) is 17.7 Å². The van der Waals surface area contributed by atoms with Gasteiger partial charge in [-0.2, -0.15) is 0 Å². The first-order valence-corrected chi connectivity index (χ1v) is 5.73. The van der Waals surface area contributed by atoms with Crippen LogP contribution in [0.3, 0.4) is 0 Å². The van der Waals surface area contributed by atoms with Crippen LogP contribution in [0.25, 0.3) is 0 Å². The second-order valence-electron chi connectivity index (χ2n) is 3.67. The summed E-state index contributed by atoms with van der Waals surface area (Å²) in [4.78, 5) is 0. The van der Waals surface area contributed by atoms with Crippen molar-refractivity contribution in [1.29, 1.82) is 0 Å². The van der Waals surface area contributed by atoms with Crippen molar-refractivity contribution in [3.05, 3.63) is 35.1 Å². The molecule has 1 N–H and O–H groups in total. The smallest absolute Gasteiger partial charge is 0.129 e. The molecule has 1 rings (SSSR count). The van der Waals surface area contributed by atoms with E-state index in [-0.39, 0.29) is 12.4 Å². The number of aliphatic hydroxyl groups is 1. The fraction of sp³-hybridized carbons (Fsp3) is 0.429. The lowest BCUT2D eigenvalue weighted by molar-refractivity contribution is 0.115. The third kappa shape index (κ3) is 4.99. The second-order valence-corrected chi connectivity index (χ2v) is 3.67. The van der Waals surface area contributed by atoms with E-state index in [1.54, 1.807) is 12.1 Å². The zero-order valence-corrected chi connectivity index (χ0v) is 10.0. The van der Waals surface area contributed by atoms with E-state index in [1.807, 2.05) is 0 Å². The van der Waals surface area contributed by atoms with Crippen LogP contribution in [-0.4, -0.2) is 18.3 Å². The maximum Gasteiger partial charge on any atom is 0.129 e. The quantitative estimate of drug-likeness (QED) is 0.628. The molecule has 1 aromatic rings. The number of benzene rings is 1. The molecule has 17 heavy (non-hydrogen) atoms. The summed E-state index contributed by atoms with van der Waals surface area (Å²) in [5.41, 5.74) is 1.10. The van der Waals surface area contributed by atoms with Gasteiger partial charge < -0.3 is 9.84 Å². The van der Waals surface area contributed by atoms with E-state index < -0.39 is 0 Å². The van der Waals surface area contributed by atoms with Gasteiger partial charge in [0.15, 0.2) is 0 Å². The molecular formula is C14H17FO2. The first kappa shape index (κ1) is 13.7. The Morgan fingerprint density at radius 2 is 2.24 bits per heavy atom. The molecule has 0 aromatic heterocycles. The maximum absolute atomic E-state index is 13.6. The molecule has 0 aliphatic carbocycles. The van der Waals surface area contributed by atoms with E-state index in [1.165, 1.54) is 6.07 Å². The zero-order valence-electron chi connectivity index (χ0n) is 10.0. The van der Waals surface area contributed by atoms with E-state index in [9.17, 15) is 4.39 Å². The maximum atomic E-state index is 13.6. The Hall–Kier alpha value is -1.37. The molecule has 0 fully saturated rings. The van der Waals surface area contributed by atoms with Gasteiger partial charge in [0.25, 0.3) is 0 Å². The summed E-state index contributed by atoms with van der Waals surface area (Å²) in [7, 11) is 0. The fourth-order valence-corrected chi connectivity index (χ4v) is 1.31. The molecule has 0 amide bonds. The van der Waals surface area contributed by atoms with Crippen molar-refractivity contribution in [1.82, 2.24) is 0 Å². The summed E-state index contributed by atoms with van der Waals surface area (Å²) >= 11 is 0. The number of hydrogen-bond acceptors (Lipinski definition) is 2. The third-order valence-electron chi connectivity index (χ3n) is 2.26. The minimum absolute atomic E-state index is 0.219. The van der Waals surface area contributed by atoms with E-state index in [0.717, 1.165) is 12.8 Å². The van der Waals surface area contributed by atoms with Gasteiger partial charge in [-0.3, -0.25) is 0 Å². The molecule has 0 unspecified atom stereocenters. The van der Waals surface area contributed by atoms with Crippen LogP contribution in [-0.2, 0) is 11.3 Å². The average molecular weight is 236 g/mol. The normalized spacial score (nSPS) is 9.82. The van der Waals surface area contributed by atoms with Crippen molar-refractivity contribution in [3.8, 4) is 11.8 Å². The summed E-state index contributed by atoms with van der Waals surface area (Å²) in [5.74, 6) is 4.82. The first-order chi connectivity index (χ1) is 8.27. The molecule has 3 heteroatoms. The Balaban J connectivity index is 2.57. The van der Waals surface area contributed by atoms with Crippen LogP contribution in [0, 0.1) is 17.7 Å². The van der Waals surface area contributed by atoms with E-state index in [4.69, 9.17) is 9.84 Å². The highest BCUT2D eigenvalue weighted by atomic mass is 19.1. The van der Waals surface area contributed by atoms with Crippen LogP contribution in [0.4, 0.5) is 4.39 Å². The van der Waals surface area contributed by atoms with Gasteiger partial charge >= 0.3 is 0 Å². The molecule has 0 saturated carbocycles. The molecule has 0 heterocycles. The van der Waals surface area contributed by atoms with Crippen molar-refractivity contribution in [3.63, 3.8) is 0 Å². The summed E-state index contributed by atoms with van der Waals surface area (Å²) in [5, 5.41) is 8.53. The van der Waals surface area contributed by atoms with E-state index >= 15 is 0 Å². The van der Waals surface area contributed by atoms with Gasteiger partial charge in [-0.25, -0.2) is 4.39 Å². The molecule has 0 atom stereocenters. The predicted molar refractivity (Wildman–Crippen MR) is 64.9 cm³/mol. The van der Waals surface area contributed by atoms with Gasteiger partial charge in [-0.15, -0.1) is 0 Å². The lowest BCUT2D eigenvalue weighted by Crippen LogP contribution is -1.98. The monoisotopic (exact) mass is 236 g/mol. The van der Waals surface area contributed by atoms with Crippen LogP contribution >= 0.6 is 0 Å². The van der Waals surface area contributed by atoms with Gasteiger partial charge in [0.05, 0.1) is 6.61 Å². The summed E-state index contributed by atoms with van der Waals surface area (Å²) in [6.07, 6.45) is 2.06. The molecule has 1 aromatic carbocycles. The Bertz CT molecular complexity index is 404. The molecule has 0 saturated heterocycles. The number of unbranched alkanes of at least 4 members (excludes halogenated alkanes) is 1. The number of hydrogen-bond donors (Lipinski definition) is 1. The number of rotatable bonds is 5. The number of halogens is 1. The van der Waals surface area contributed by atoms with Crippen molar-refractivity contribution < 1.29 is 14.2 Å². The van der Waals surface area contributed by atoms with Gasteiger partial charge in [0.2, 0.25) is 0 Å². The Morgan fingerprint density at radius 1 is 1.41 bits per heavy atom. The molecular weight excluding hydrogens is 219 g/mol. The average Bonchev–Trinajstić information content (AvgIpc) is 2.34. The molecule has 0 aliphatic heterocycles. The Labute approximate surface area is 101 Å². The molecule has 0 radical (unpaired) electrons. The first-order valence-electron chi connectivity index (χ1n) is 5.73. The topological polar surface area (TPSA) is 29.5 Å². The van der Waals surface area contributed by atoms with Crippen molar-refractivity contribution in [2.45, 2.75) is 26.4 Å². The van der Waals surface area contributed by atoms with Crippen LogP contribution in [0.1, 0.15) is 30.9 Å². The van der Waals surface area contributed by atoms with Gasteiger partial charge in [-0.05, 0) is 18.6 Å². The lowest BCUT2D eigenvalue weighted by atomic mass is 10.1. The highest BCUT2D eigenvalue weighted by Crippen LogP contribution is 2.11.